The van der Waals surface area contributed by atoms with Crippen LogP contribution >= 0.6 is 0 Å². The quantitative estimate of drug-likeness (QED) is 0.349. The van der Waals surface area contributed by atoms with Crippen LogP contribution < -0.4 is 14.2 Å². The van der Waals surface area contributed by atoms with E-state index in [-0.39, 0.29) is 11.4 Å². The molecule has 0 saturated carbocycles. The third kappa shape index (κ3) is 4.22. The Balaban J connectivity index is 2.00. The van der Waals surface area contributed by atoms with Crippen LogP contribution in [0, 0.1) is 17.0 Å². The predicted molar refractivity (Wildman–Crippen MR) is 86.6 cm³/mol. The molecule has 7 nitrogen and oxygen atoms in total. The number of methoxy groups -OCH3 is 1. The van der Waals surface area contributed by atoms with E-state index in [1.165, 1.54) is 18.2 Å². The van der Waals surface area contributed by atoms with Gasteiger partial charge >= 0.3 is 5.97 Å². The first-order valence-electron chi connectivity index (χ1n) is 7.18. The van der Waals surface area contributed by atoms with E-state index in [0.29, 0.717) is 17.1 Å². The summed E-state index contributed by atoms with van der Waals surface area (Å²) in [6, 6.07) is 10.9. The zero-order valence-corrected chi connectivity index (χ0v) is 13.5. The van der Waals surface area contributed by atoms with E-state index in [1.807, 2.05) is 0 Å². The molecule has 7 heteroatoms. The second-order valence-electron chi connectivity index (χ2n) is 5.06. The summed E-state index contributed by atoms with van der Waals surface area (Å²) in [5, 5.41) is 10.8. The van der Waals surface area contributed by atoms with Crippen LogP contribution in [0.2, 0.25) is 0 Å². The van der Waals surface area contributed by atoms with E-state index >= 15 is 0 Å². The second-order valence-corrected chi connectivity index (χ2v) is 5.06. The molecule has 0 aliphatic heterocycles. The zero-order chi connectivity index (χ0) is 17.7. The number of ether oxygens (including phenoxy) is 3. The Bertz CT molecular complexity index is 741. The monoisotopic (exact) mass is 331 g/mol. The van der Waals surface area contributed by atoms with Crippen LogP contribution in [0.1, 0.15) is 12.5 Å². The number of hydrogen-bond donors (Lipinski definition) is 0. The molecule has 0 saturated heterocycles. The molecule has 126 valence electrons. The number of nitrogens with zero attached hydrogens (tertiary/aromatic N) is 1. The van der Waals surface area contributed by atoms with E-state index in [1.54, 1.807) is 45.2 Å². The average molecular weight is 331 g/mol. The summed E-state index contributed by atoms with van der Waals surface area (Å²) >= 11 is 0. The molecule has 0 amide bonds. The molecular weight excluding hydrogens is 314 g/mol. The minimum absolute atomic E-state index is 0.0302. The Kier molecular flexibility index (Phi) is 5.36. The lowest BCUT2D eigenvalue weighted by molar-refractivity contribution is -0.385. The van der Waals surface area contributed by atoms with E-state index in [0.717, 1.165) is 0 Å². The number of benzene rings is 2. The molecule has 0 aliphatic rings. The Morgan fingerprint density at radius 3 is 2.21 bits per heavy atom. The van der Waals surface area contributed by atoms with Crippen molar-refractivity contribution in [3.8, 4) is 17.2 Å². The smallest absolute Gasteiger partial charge is 0.352 e. The summed E-state index contributed by atoms with van der Waals surface area (Å²) in [5.74, 6) is 0.811. The molecule has 2 aromatic rings. The largest absolute Gasteiger partial charge is 0.497 e. The van der Waals surface area contributed by atoms with Crippen LogP contribution in [-0.2, 0) is 4.79 Å². The van der Waals surface area contributed by atoms with Crippen molar-refractivity contribution in [3.63, 3.8) is 0 Å². The maximum absolute atomic E-state index is 12.1. The number of esters is 1. The van der Waals surface area contributed by atoms with Gasteiger partial charge in [-0.15, -0.1) is 0 Å². The van der Waals surface area contributed by atoms with Gasteiger partial charge in [-0.2, -0.15) is 0 Å². The van der Waals surface area contributed by atoms with E-state index in [4.69, 9.17) is 14.2 Å². The number of aryl methyl sites for hydroxylation is 1. The van der Waals surface area contributed by atoms with Crippen LogP contribution in [0.4, 0.5) is 5.69 Å². The number of nitro benzene ring substituents is 1. The number of hydrogen-bond acceptors (Lipinski definition) is 6. The third-order valence-electron chi connectivity index (χ3n) is 3.29. The Labute approximate surface area is 138 Å². The first-order valence-corrected chi connectivity index (χ1v) is 7.18. The highest BCUT2D eigenvalue weighted by molar-refractivity contribution is 5.77. The van der Waals surface area contributed by atoms with Crippen molar-refractivity contribution in [2.24, 2.45) is 0 Å². The molecule has 1 atom stereocenters. The standard InChI is InChI=1S/C17H17NO6/c1-11-10-15(8-9-16(11)18(20)21)24-17(19)12(2)23-14-6-4-13(22-3)5-7-14/h4-10,12H,1-3H3. The summed E-state index contributed by atoms with van der Waals surface area (Å²) in [6.45, 7) is 3.14. The highest BCUT2D eigenvalue weighted by atomic mass is 16.6. The van der Waals surface area contributed by atoms with Gasteiger partial charge in [0.15, 0.2) is 6.10 Å². The van der Waals surface area contributed by atoms with Crippen molar-refractivity contribution in [2.45, 2.75) is 20.0 Å². The molecule has 0 bridgehead atoms. The second kappa shape index (κ2) is 7.45. The SMILES string of the molecule is COc1ccc(OC(C)C(=O)Oc2ccc([N+](=O)[O-])c(C)c2)cc1. The van der Waals surface area contributed by atoms with Gasteiger partial charge in [0.2, 0.25) is 0 Å². The minimum atomic E-state index is -0.839. The molecule has 1 unspecified atom stereocenters. The molecule has 0 N–H and O–H groups in total. The number of carbonyl (C=O) groups is 1. The van der Waals surface area contributed by atoms with Gasteiger partial charge in [0.1, 0.15) is 17.2 Å². The van der Waals surface area contributed by atoms with Gasteiger partial charge in [0.25, 0.3) is 5.69 Å². The van der Waals surface area contributed by atoms with Gasteiger partial charge in [-0.25, -0.2) is 4.79 Å². The zero-order valence-electron chi connectivity index (χ0n) is 13.5. The molecule has 2 aromatic carbocycles. The highest BCUT2D eigenvalue weighted by Crippen LogP contribution is 2.24. The average Bonchev–Trinajstić information content (AvgIpc) is 2.55. The van der Waals surface area contributed by atoms with E-state index in [2.05, 4.69) is 0 Å². The Morgan fingerprint density at radius 1 is 1.08 bits per heavy atom. The van der Waals surface area contributed by atoms with Crippen molar-refractivity contribution in [3.05, 3.63) is 58.1 Å². The molecular formula is C17H17NO6. The number of carbonyl (C=O) groups excluding carboxylic acids is 1. The summed E-state index contributed by atoms with van der Waals surface area (Å²) < 4.78 is 15.7. The topological polar surface area (TPSA) is 87.9 Å². The van der Waals surface area contributed by atoms with Crippen molar-refractivity contribution in [1.29, 1.82) is 0 Å². The summed E-state index contributed by atoms with van der Waals surface area (Å²) in [4.78, 5) is 22.4. The Morgan fingerprint density at radius 2 is 1.67 bits per heavy atom. The minimum Gasteiger partial charge on any atom is -0.497 e. The fraction of sp³-hybridized carbons (Fsp3) is 0.235. The third-order valence-corrected chi connectivity index (χ3v) is 3.29. The van der Waals surface area contributed by atoms with Gasteiger partial charge in [-0.1, -0.05) is 0 Å². The molecule has 2 rings (SSSR count). The normalized spacial score (nSPS) is 11.5. The van der Waals surface area contributed by atoms with Crippen LogP contribution in [0.15, 0.2) is 42.5 Å². The van der Waals surface area contributed by atoms with E-state index in [9.17, 15) is 14.9 Å². The van der Waals surface area contributed by atoms with Crippen molar-refractivity contribution in [1.82, 2.24) is 0 Å². The summed E-state index contributed by atoms with van der Waals surface area (Å²) in [5.41, 5.74) is 0.381. The predicted octanol–water partition coefficient (Wildman–Crippen LogP) is 3.28. The lowest BCUT2D eigenvalue weighted by atomic mass is 10.2. The van der Waals surface area contributed by atoms with Crippen molar-refractivity contribution < 1.29 is 23.9 Å². The van der Waals surface area contributed by atoms with Crippen LogP contribution in [0.3, 0.4) is 0 Å². The molecule has 0 spiro atoms. The fourth-order valence-electron chi connectivity index (χ4n) is 2.00. The highest BCUT2D eigenvalue weighted by Gasteiger charge is 2.19. The van der Waals surface area contributed by atoms with Gasteiger partial charge in [0.05, 0.1) is 12.0 Å². The molecule has 24 heavy (non-hydrogen) atoms. The molecule has 0 fully saturated rings. The first-order chi connectivity index (χ1) is 11.4. The maximum Gasteiger partial charge on any atom is 0.352 e. The molecule has 0 aromatic heterocycles. The number of nitro groups is 1. The maximum atomic E-state index is 12.1. The lowest BCUT2D eigenvalue weighted by Crippen LogP contribution is -2.28. The molecule has 0 aliphatic carbocycles. The lowest BCUT2D eigenvalue weighted by Gasteiger charge is -2.14. The van der Waals surface area contributed by atoms with Crippen LogP contribution in [-0.4, -0.2) is 24.1 Å². The molecule has 0 heterocycles. The Hall–Kier alpha value is -3.09. The fourth-order valence-corrected chi connectivity index (χ4v) is 2.00. The van der Waals surface area contributed by atoms with Crippen LogP contribution in [0.5, 0.6) is 17.2 Å². The van der Waals surface area contributed by atoms with Crippen molar-refractivity contribution >= 4 is 11.7 Å². The summed E-state index contributed by atoms with van der Waals surface area (Å²) in [7, 11) is 1.56. The van der Waals surface area contributed by atoms with Gasteiger partial charge in [0, 0.05) is 11.6 Å². The van der Waals surface area contributed by atoms with Gasteiger partial charge in [-0.05, 0) is 50.2 Å². The van der Waals surface area contributed by atoms with Gasteiger partial charge < -0.3 is 14.2 Å². The van der Waals surface area contributed by atoms with Crippen molar-refractivity contribution in [2.75, 3.05) is 7.11 Å². The van der Waals surface area contributed by atoms with Gasteiger partial charge in [-0.3, -0.25) is 10.1 Å². The van der Waals surface area contributed by atoms with E-state index < -0.39 is 17.0 Å². The number of rotatable bonds is 6. The van der Waals surface area contributed by atoms with Crippen LogP contribution in [0.25, 0.3) is 0 Å². The summed E-state index contributed by atoms with van der Waals surface area (Å²) in [6.07, 6.45) is -0.839. The molecule has 0 radical (unpaired) electrons. The first kappa shape index (κ1) is 17.3.